The van der Waals surface area contributed by atoms with Crippen LogP contribution in [-0.4, -0.2) is 21.2 Å². The number of aromatic nitrogens is 2. The van der Waals surface area contributed by atoms with Gasteiger partial charge in [-0.05, 0) is 36.0 Å². The van der Waals surface area contributed by atoms with Gasteiger partial charge in [-0.3, -0.25) is 14.2 Å². The Morgan fingerprint density at radius 1 is 0.951 bits per heavy atom. The summed E-state index contributed by atoms with van der Waals surface area (Å²) in [6.45, 7) is 4.27. The number of hydrogen-bond donors (Lipinski definition) is 1. The zero-order valence-electron chi connectivity index (χ0n) is 23.2. The highest BCUT2D eigenvalue weighted by Gasteiger charge is 2.43. The lowest BCUT2D eigenvalue weighted by Crippen LogP contribution is -2.43. The van der Waals surface area contributed by atoms with Gasteiger partial charge in [0.1, 0.15) is 0 Å². The van der Waals surface area contributed by atoms with Crippen LogP contribution in [0.25, 0.3) is 11.3 Å². The molecule has 2 aliphatic carbocycles. The van der Waals surface area contributed by atoms with Crippen LogP contribution in [0.4, 0.5) is 0 Å². The first-order valence-corrected chi connectivity index (χ1v) is 15.4. The molecule has 1 N–H and O–H groups in total. The van der Waals surface area contributed by atoms with E-state index in [0.717, 1.165) is 60.1 Å². The minimum absolute atomic E-state index is 0.0145. The van der Waals surface area contributed by atoms with Gasteiger partial charge >= 0.3 is 0 Å². The largest absolute Gasteiger partial charge is 0.344 e. The molecule has 0 unspecified atom stereocenters. The van der Waals surface area contributed by atoms with E-state index in [4.69, 9.17) is 4.98 Å². The summed E-state index contributed by atoms with van der Waals surface area (Å²) in [7, 11) is 0. The second-order valence-corrected chi connectivity index (χ2v) is 12.1. The van der Waals surface area contributed by atoms with Gasteiger partial charge in [-0.25, -0.2) is 4.98 Å². The number of amides is 1. The fourth-order valence-electron chi connectivity index (χ4n) is 6.60. The Morgan fingerprint density at radius 3 is 2.24 bits per heavy atom. The number of thioether (sulfide) groups is 1. The molecule has 2 aliphatic rings. The minimum Gasteiger partial charge on any atom is -0.344 e. The van der Waals surface area contributed by atoms with Crippen molar-refractivity contribution in [3.8, 4) is 11.3 Å². The summed E-state index contributed by atoms with van der Waals surface area (Å²) in [4.78, 5) is 32.8. The quantitative estimate of drug-likeness (QED) is 0.145. The van der Waals surface area contributed by atoms with Crippen LogP contribution >= 0.6 is 11.8 Å². The molecule has 6 heteroatoms. The average Bonchev–Trinajstić information content (AvgIpc) is 3.01. The number of nitrogens with one attached hydrogen (secondary N) is 1. The van der Waals surface area contributed by atoms with Gasteiger partial charge in [0.2, 0.25) is 5.91 Å². The van der Waals surface area contributed by atoms with Crippen molar-refractivity contribution in [1.82, 2.24) is 14.9 Å². The van der Waals surface area contributed by atoms with Gasteiger partial charge in [0, 0.05) is 17.5 Å². The third-order valence-corrected chi connectivity index (χ3v) is 9.47. The van der Waals surface area contributed by atoms with E-state index in [-0.39, 0.29) is 28.7 Å². The summed E-state index contributed by atoms with van der Waals surface area (Å²) in [5, 5.41) is 3.77. The molecule has 208 valence electrons. The van der Waals surface area contributed by atoms with Crippen molar-refractivity contribution in [2.24, 2.45) is 0 Å². The molecule has 1 fully saturated rings. The van der Waals surface area contributed by atoms with Gasteiger partial charge in [0.15, 0.2) is 5.16 Å². The Kier molecular flexibility index (Phi) is 7.93. The van der Waals surface area contributed by atoms with Crippen LogP contribution in [0.15, 0.2) is 108 Å². The zero-order valence-corrected chi connectivity index (χ0v) is 24.0. The molecule has 0 aliphatic heterocycles. The van der Waals surface area contributed by atoms with Crippen LogP contribution in [-0.2, 0) is 23.2 Å². The maximum Gasteiger partial charge on any atom is 0.258 e. The SMILES string of the molecule is C=CCn1c(SCC(=O)NC(c2ccccc2)c2ccccc2)nc2c(c1=O)C1(CCCCC1)Cc1ccccc1-2. The molecule has 6 rings (SSSR count). The fourth-order valence-corrected chi connectivity index (χ4v) is 7.42. The lowest BCUT2D eigenvalue weighted by atomic mass is 9.62. The van der Waals surface area contributed by atoms with Crippen LogP contribution in [0.5, 0.6) is 0 Å². The van der Waals surface area contributed by atoms with Gasteiger partial charge in [0.05, 0.1) is 23.1 Å². The van der Waals surface area contributed by atoms with E-state index in [2.05, 4.69) is 30.1 Å². The maximum absolute atomic E-state index is 14.3. The predicted molar refractivity (Wildman–Crippen MR) is 166 cm³/mol. The molecular formula is C35H35N3O2S. The van der Waals surface area contributed by atoms with Gasteiger partial charge in [-0.2, -0.15) is 0 Å². The van der Waals surface area contributed by atoms with Crippen LogP contribution in [0.1, 0.15) is 60.4 Å². The van der Waals surface area contributed by atoms with Crippen molar-refractivity contribution >= 4 is 17.7 Å². The number of carbonyl (C=O) groups is 1. The van der Waals surface area contributed by atoms with Crippen molar-refractivity contribution < 1.29 is 4.79 Å². The number of nitrogens with zero attached hydrogens (tertiary/aromatic N) is 2. The Hall–Kier alpha value is -3.90. The molecular weight excluding hydrogens is 526 g/mol. The van der Waals surface area contributed by atoms with E-state index in [1.165, 1.54) is 23.7 Å². The van der Waals surface area contributed by atoms with E-state index in [1.807, 2.05) is 66.7 Å². The molecule has 1 spiro atoms. The van der Waals surface area contributed by atoms with E-state index < -0.39 is 0 Å². The molecule has 0 bridgehead atoms. The minimum atomic E-state index is -0.268. The Balaban J connectivity index is 1.33. The first-order valence-electron chi connectivity index (χ1n) is 14.5. The van der Waals surface area contributed by atoms with E-state index >= 15 is 0 Å². The lowest BCUT2D eigenvalue weighted by molar-refractivity contribution is -0.119. The zero-order chi connectivity index (χ0) is 28.2. The summed E-state index contributed by atoms with van der Waals surface area (Å²) in [5.74, 6) is 0.0275. The monoisotopic (exact) mass is 561 g/mol. The summed E-state index contributed by atoms with van der Waals surface area (Å²) < 4.78 is 1.72. The molecule has 1 saturated carbocycles. The third kappa shape index (κ3) is 5.41. The van der Waals surface area contributed by atoms with Crippen LogP contribution in [0.3, 0.4) is 0 Å². The van der Waals surface area contributed by atoms with Gasteiger partial charge in [-0.1, -0.05) is 122 Å². The predicted octanol–water partition coefficient (Wildman–Crippen LogP) is 6.85. The van der Waals surface area contributed by atoms with Crippen LogP contribution < -0.4 is 10.9 Å². The number of carbonyl (C=O) groups excluding carboxylic acids is 1. The standard InChI is InChI=1S/C35H35N3O2S/c1-2-22-38-33(40)30-32(28-19-11-10-18-27(28)23-35(30)20-12-5-13-21-35)37-34(38)41-24-29(39)36-31(25-14-6-3-7-15-25)26-16-8-4-9-17-26/h2-4,6-11,14-19,31H,1,5,12-13,20-24H2,(H,36,39). The molecule has 5 nitrogen and oxygen atoms in total. The average molecular weight is 562 g/mol. The molecule has 0 saturated heterocycles. The Morgan fingerprint density at radius 2 is 1.59 bits per heavy atom. The number of benzene rings is 3. The molecule has 3 aromatic carbocycles. The van der Waals surface area contributed by atoms with Gasteiger partial charge < -0.3 is 5.32 Å². The molecule has 0 atom stereocenters. The van der Waals surface area contributed by atoms with Crippen molar-refractivity contribution in [3.05, 3.63) is 130 Å². The molecule has 1 aromatic heterocycles. The molecule has 1 amide bonds. The molecule has 0 radical (unpaired) electrons. The van der Waals surface area contributed by atoms with Crippen molar-refractivity contribution in [3.63, 3.8) is 0 Å². The van der Waals surface area contributed by atoms with Crippen molar-refractivity contribution in [2.75, 3.05) is 5.75 Å². The number of fused-ring (bicyclic) bond motifs is 4. The molecule has 41 heavy (non-hydrogen) atoms. The first kappa shape index (κ1) is 27.3. The number of hydrogen-bond acceptors (Lipinski definition) is 4. The molecule has 4 aromatic rings. The summed E-state index contributed by atoms with van der Waals surface area (Å²) >= 11 is 1.32. The van der Waals surface area contributed by atoms with Crippen molar-refractivity contribution in [1.29, 1.82) is 0 Å². The summed E-state index contributed by atoms with van der Waals surface area (Å²) in [6, 6.07) is 28.1. The van der Waals surface area contributed by atoms with Crippen molar-refractivity contribution in [2.45, 2.75) is 61.7 Å². The van der Waals surface area contributed by atoms with E-state index in [1.54, 1.807) is 10.6 Å². The second kappa shape index (κ2) is 11.9. The summed E-state index contributed by atoms with van der Waals surface area (Å²) in [6.07, 6.45) is 8.11. The fraction of sp³-hybridized carbons (Fsp3) is 0.286. The van der Waals surface area contributed by atoms with Gasteiger partial charge in [0.25, 0.3) is 5.56 Å². The highest BCUT2D eigenvalue weighted by molar-refractivity contribution is 7.99. The van der Waals surface area contributed by atoms with E-state index in [9.17, 15) is 9.59 Å². The molecule has 1 heterocycles. The second-order valence-electron chi connectivity index (χ2n) is 11.1. The number of rotatable bonds is 8. The maximum atomic E-state index is 14.3. The topological polar surface area (TPSA) is 64.0 Å². The smallest absolute Gasteiger partial charge is 0.258 e. The Labute approximate surface area is 245 Å². The highest BCUT2D eigenvalue weighted by atomic mass is 32.2. The highest BCUT2D eigenvalue weighted by Crippen LogP contribution is 2.48. The lowest BCUT2D eigenvalue weighted by Gasteiger charge is -2.42. The summed E-state index contributed by atoms with van der Waals surface area (Å²) in [5.41, 5.74) is 5.84. The van der Waals surface area contributed by atoms with Crippen LogP contribution in [0.2, 0.25) is 0 Å². The van der Waals surface area contributed by atoms with Crippen LogP contribution in [0, 0.1) is 0 Å². The van der Waals surface area contributed by atoms with E-state index in [0.29, 0.717) is 11.7 Å². The third-order valence-electron chi connectivity index (χ3n) is 8.49. The Bertz CT molecular complexity index is 1570. The first-order chi connectivity index (χ1) is 20.1. The number of allylic oxidation sites excluding steroid dienone is 1. The van der Waals surface area contributed by atoms with Gasteiger partial charge in [-0.15, -0.1) is 6.58 Å². The normalized spacial score (nSPS) is 15.2.